The van der Waals surface area contributed by atoms with Gasteiger partial charge in [0.15, 0.2) is 0 Å². The SMILES string of the molecule is CC(=O)N1CCC(CC(=O)N2CC(CCC(=O)N3CCOCC3)C3(CCC3)C2)CC1. The lowest BCUT2D eigenvalue weighted by Gasteiger charge is -2.43. The molecule has 168 valence electrons. The number of hydrogen-bond acceptors (Lipinski definition) is 4. The normalized spacial score (nSPS) is 26.7. The van der Waals surface area contributed by atoms with Crippen molar-refractivity contribution >= 4 is 17.7 Å². The van der Waals surface area contributed by atoms with E-state index in [1.54, 1.807) is 6.92 Å². The van der Waals surface area contributed by atoms with Crippen LogP contribution in [0.3, 0.4) is 0 Å². The average molecular weight is 420 g/mol. The molecule has 1 atom stereocenters. The molecule has 7 heteroatoms. The predicted octanol–water partition coefficient (Wildman–Crippen LogP) is 1.90. The lowest BCUT2D eigenvalue weighted by molar-refractivity contribution is -0.136. The Bertz CT molecular complexity index is 649. The van der Waals surface area contributed by atoms with Gasteiger partial charge in [0.1, 0.15) is 0 Å². The minimum Gasteiger partial charge on any atom is -0.378 e. The smallest absolute Gasteiger partial charge is 0.222 e. The summed E-state index contributed by atoms with van der Waals surface area (Å²) in [5, 5.41) is 0. The highest BCUT2D eigenvalue weighted by molar-refractivity contribution is 5.78. The topological polar surface area (TPSA) is 70.2 Å². The Labute approximate surface area is 180 Å². The summed E-state index contributed by atoms with van der Waals surface area (Å²) >= 11 is 0. The maximum absolute atomic E-state index is 13.0. The average Bonchev–Trinajstić information content (AvgIpc) is 3.13. The van der Waals surface area contributed by atoms with Gasteiger partial charge in [0.05, 0.1) is 13.2 Å². The largest absolute Gasteiger partial charge is 0.378 e. The van der Waals surface area contributed by atoms with Gasteiger partial charge >= 0.3 is 0 Å². The van der Waals surface area contributed by atoms with Crippen LogP contribution in [-0.2, 0) is 19.1 Å². The number of amides is 3. The van der Waals surface area contributed by atoms with Gasteiger partial charge in [0.25, 0.3) is 0 Å². The minimum atomic E-state index is 0.140. The Morgan fingerprint density at radius 1 is 0.933 bits per heavy atom. The lowest BCUT2D eigenvalue weighted by Crippen LogP contribution is -2.42. The van der Waals surface area contributed by atoms with Crippen LogP contribution in [0.2, 0.25) is 0 Å². The van der Waals surface area contributed by atoms with E-state index in [4.69, 9.17) is 4.74 Å². The lowest BCUT2D eigenvalue weighted by atomic mass is 9.62. The van der Waals surface area contributed by atoms with Crippen molar-refractivity contribution in [2.75, 3.05) is 52.5 Å². The van der Waals surface area contributed by atoms with Gasteiger partial charge in [0.2, 0.25) is 17.7 Å². The van der Waals surface area contributed by atoms with Crippen LogP contribution in [0.4, 0.5) is 0 Å². The summed E-state index contributed by atoms with van der Waals surface area (Å²) in [6.45, 7) is 7.60. The van der Waals surface area contributed by atoms with Gasteiger partial charge in [-0.05, 0) is 49.4 Å². The third-order valence-electron chi connectivity index (χ3n) is 8.11. The molecule has 3 amide bonds. The molecule has 0 aromatic heterocycles. The standard InChI is InChI=1S/C23H37N3O4/c1-18(27)24-9-5-19(6-10-24)15-22(29)26-16-20(23(17-26)7-2-8-23)3-4-21(28)25-11-13-30-14-12-25/h19-20H,2-17H2,1H3. The van der Waals surface area contributed by atoms with Crippen molar-refractivity contribution < 1.29 is 19.1 Å². The molecule has 0 aromatic rings. The molecule has 1 spiro atoms. The number of hydrogen-bond donors (Lipinski definition) is 0. The third-order valence-corrected chi connectivity index (χ3v) is 8.11. The minimum absolute atomic E-state index is 0.140. The first-order valence-electron chi connectivity index (χ1n) is 11.9. The zero-order chi connectivity index (χ0) is 21.1. The van der Waals surface area contributed by atoms with Crippen molar-refractivity contribution in [1.82, 2.24) is 14.7 Å². The second-order valence-electron chi connectivity index (χ2n) is 9.87. The summed E-state index contributed by atoms with van der Waals surface area (Å²) in [7, 11) is 0. The fourth-order valence-corrected chi connectivity index (χ4v) is 5.91. The Kier molecular flexibility index (Phi) is 6.66. The monoisotopic (exact) mass is 419 g/mol. The van der Waals surface area contributed by atoms with Crippen molar-refractivity contribution in [3.63, 3.8) is 0 Å². The molecule has 1 unspecified atom stereocenters. The van der Waals surface area contributed by atoms with Crippen LogP contribution in [0.5, 0.6) is 0 Å². The van der Waals surface area contributed by atoms with Gasteiger partial charge in [-0.1, -0.05) is 6.42 Å². The fraction of sp³-hybridized carbons (Fsp3) is 0.870. The molecule has 4 fully saturated rings. The highest BCUT2D eigenvalue weighted by atomic mass is 16.5. The first kappa shape index (κ1) is 21.6. The molecule has 1 saturated carbocycles. The molecule has 4 rings (SSSR count). The quantitative estimate of drug-likeness (QED) is 0.683. The van der Waals surface area contributed by atoms with Crippen LogP contribution in [0, 0.1) is 17.3 Å². The Balaban J connectivity index is 1.27. The number of rotatable bonds is 5. The van der Waals surface area contributed by atoms with Crippen molar-refractivity contribution in [2.45, 2.75) is 58.3 Å². The summed E-state index contributed by atoms with van der Waals surface area (Å²) in [5.41, 5.74) is 0.263. The first-order chi connectivity index (χ1) is 14.5. The molecule has 0 radical (unpaired) electrons. The summed E-state index contributed by atoms with van der Waals surface area (Å²) in [5.74, 6) is 1.52. The molecule has 4 aliphatic rings. The molecule has 3 saturated heterocycles. The van der Waals surface area contributed by atoms with Gasteiger partial charge in [0, 0.05) is 59.0 Å². The highest BCUT2D eigenvalue weighted by Gasteiger charge is 2.51. The number of carbonyl (C=O) groups excluding carboxylic acids is 3. The van der Waals surface area contributed by atoms with Crippen LogP contribution >= 0.6 is 0 Å². The van der Waals surface area contributed by atoms with E-state index in [1.807, 2.05) is 9.80 Å². The van der Waals surface area contributed by atoms with E-state index in [2.05, 4.69) is 4.90 Å². The summed E-state index contributed by atoms with van der Waals surface area (Å²) in [6.07, 6.45) is 7.62. The van der Waals surface area contributed by atoms with E-state index in [0.29, 0.717) is 51.0 Å². The number of likely N-dealkylation sites (tertiary alicyclic amines) is 2. The number of morpholine rings is 1. The van der Waals surface area contributed by atoms with Gasteiger partial charge < -0.3 is 19.4 Å². The van der Waals surface area contributed by atoms with E-state index < -0.39 is 0 Å². The van der Waals surface area contributed by atoms with Gasteiger partial charge in [-0.3, -0.25) is 14.4 Å². The Hall–Kier alpha value is -1.63. The first-order valence-corrected chi connectivity index (χ1v) is 11.9. The van der Waals surface area contributed by atoms with Crippen LogP contribution in [-0.4, -0.2) is 84.9 Å². The molecule has 7 nitrogen and oxygen atoms in total. The molecule has 0 N–H and O–H groups in total. The van der Waals surface area contributed by atoms with E-state index in [0.717, 1.165) is 45.4 Å². The third kappa shape index (κ3) is 4.66. The van der Waals surface area contributed by atoms with E-state index in [9.17, 15) is 14.4 Å². The van der Waals surface area contributed by atoms with Crippen molar-refractivity contribution in [3.8, 4) is 0 Å². The van der Waals surface area contributed by atoms with Crippen LogP contribution < -0.4 is 0 Å². The van der Waals surface area contributed by atoms with Gasteiger partial charge in [-0.25, -0.2) is 0 Å². The highest BCUT2D eigenvalue weighted by Crippen LogP contribution is 2.53. The Morgan fingerprint density at radius 2 is 1.63 bits per heavy atom. The van der Waals surface area contributed by atoms with Crippen LogP contribution in [0.25, 0.3) is 0 Å². The van der Waals surface area contributed by atoms with E-state index >= 15 is 0 Å². The van der Waals surface area contributed by atoms with Gasteiger partial charge in [-0.2, -0.15) is 0 Å². The second-order valence-corrected chi connectivity index (χ2v) is 9.87. The number of nitrogens with zero attached hydrogens (tertiary/aromatic N) is 3. The zero-order valence-electron chi connectivity index (χ0n) is 18.4. The molecule has 0 aromatic carbocycles. The molecular formula is C23H37N3O4. The molecular weight excluding hydrogens is 382 g/mol. The zero-order valence-corrected chi connectivity index (χ0v) is 18.4. The van der Waals surface area contributed by atoms with Gasteiger partial charge in [-0.15, -0.1) is 0 Å². The van der Waals surface area contributed by atoms with Crippen molar-refractivity contribution in [3.05, 3.63) is 0 Å². The van der Waals surface area contributed by atoms with Crippen molar-refractivity contribution in [1.29, 1.82) is 0 Å². The number of piperidine rings is 1. The summed E-state index contributed by atoms with van der Waals surface area (Å²) in [6, 6.07) is 0. The van der Waals surface area contributed by atoms with Crippen LogP contribution in [0.1, 0.15) is 58.3 Å². The van der Waals surface area contributed by atoms with E-state index in [-0.39, 0.29) is 23.1 Å². The van der Waals surface area contributed by atoms with Crippen molar-refractivity contribution in [2.24, 2.45) is 17.3 Å². The summed E-state index contributed by atoms with van der Waals surface area (Å²) in [4.78, 5) is 43.1. The fourth-order valence-electron chi connectivity index (χ4n) is 5.91. The molecule has 1 aliphatic carbocycles. The number of carbonyl (C=O) groups is 3. The summed E-state index contributed by atoms with van der Waals surface area (Å²) < 4.78 is 5.35. The molecule has 3 heterocycles. The molecule has 0 bridgehead atoms. The molecule has 30 heavy (non-hydrogen) atoms. The second kappa shape index (κ2) is 9.25. The predicted molar refractivity (Wildman–Crippen MR) is 113 cm³/mol. The maximum atomic E-state index is 13.0. The Morgan fingerprint density at radius 3 is 2.23 bits per heavy atom. The van der Waals surface area contributed by atoms with Crippen LogP contribution in [0.15, 0.2) is 0 Å². The van der Waals surface area contributed by atoms with E-state index in [1.165, 1.54) is 19.3 Å². The number of ether oxygens (including phenoxy) is 1. The maximum Gasteiger partial charge on any atom is 0.222 e. The molecule has 3 aliphatic heterocycles.